The highest BCUT2D eigenvalue weighted by Crippen LogP contribution is 2.33. The molecular weight excluding hydrogens is 498 g/mol. The molecule has 3 aromatic rings. The van der Waals surface area contributed by atoms with Crippen LogP contribution in [-0.4, -0.2) is 122 Å². The van der Waals surface area contributed by atoms with E-state index in [1.807, 2.05) is 19.0 Å². The second-order valence-electron chi connectivity index (χ2n) is 9.59. The molecule has 2 aliphatic heterocycles. The van der Waals surface area contributed by atoms with Gasteiger partial charge in [0.1, 0.15) is 30.1 Å². The van der Waals surface area contributed by atoms with Gasteiger partial charge in [-0.15, -0.1) is 5.10 Å². The van der Waals surface area contributed by atoms with Gasteiger partial charge in [-0.1, -0.05) is 17.3 Å². The molecule has 2 aromatic carbocycles. The Morgan fingerprint density at radius 3 is 2.47 bits per heavy atom. The van der Waals surface area contributed by atoms with E-state index >= 15 is 0 Å². The number of ether oxygens (including phenoxy) is 2. The lowest BCUT2D eigenvalue weighted by molar-refractivity contribution is -0.304. The number of aliphatic hydroxyl groups is 4. The van der Waals surface area contributed by atoms with Crippen molar-refractivity contribution in [2.75, 3.05) is 33.8 Å². The molecule has 1 aromatic heterocycles. The Bertz CT molecular complexity index is 1340. The van der Waals surface area contributed by atoms with Crippen molar-refractivity contribution in [2.45, 2.75) is 37.3 Å². The van der Waals surface area contributed by atoms with E-state index in [1.165, 1.54) is 9.58 Å². The first-order valence-electron chi connectivity index (χ1n) is 12.1. The zero-order valence-electron chi connectivity index (χ0n) is 20.8. The predicted molar refractivity (Wildman–Crippen MR) is 131 cm³/mol. The molecule has 0 unspecified atom stereocenters. The van der Waals surface area contributed by atoms with Crippen molar-refractivity contribution >= 4 is 22.6 Å². The molecule has 1 fully saturated rings. The van der Waals surface area contributed by atoms with Gasteiger partial charge in [-0.3, -0.25) is 14.5 Å². The molecule has 0 radical (unpaired) electrons. The van der Waals surface area contributed by atoms with E-state index in [-0.39, 0.29) is 25.0 Å². The van der Waals surface area contributed by atoms with Crippen LogP contribution in [0.1, 0.15) is 26.4 Å². The number of hydrogen-bond acceptors (Lipinski definition) is 11. The SMILES string of the molecule is CN(C)CCN1C(=O)c2cccc3c(-n4cc(CO[C@@H]5O[C@H](CO)[C@H](O)[C@H](O)[C@H]5O)nn4)ccc(c23)C1=O. The fraction of sp³-hybridized carbons (Fsp3) is 0.440. The van der Waals surface area contributed by atoms with E-state index in [1.54, 1.807) is 36.5 Å². The van der Waals surface area contributed by atoms with E-state index in [4.69, 9.17) is 9.47 Å². The topological polar surface area (TPSA) is 171 Å². The van der Waals surface area contributed by atoms with Crippen molar-refractivity contribution in [1.29, 1.82) is 0 Å². The van der Waals surface area contributed by atoms with Crippen LogP contribution in [0, 0.1) is 0 Å². The average molecular weight is 528 g/mol. The van der Waals surface area contributed by atoms with Crippen LogP contribution >= 0.6 is 0 Å². The van der Waals surface area contributed by atoms with Crippen molar-refractivity contribution in [3.8, 4) is 5.69 Å². The molecular formula is C25H29N5O8. The number of rotatable bonds is 8. The number of benzene rings is 2. The van der Waals surface area contributed by atoms with Crippen molar-refractivity contribution < 1.29 is 39.5 Å². The summed E-state index contributed by atoms with van der Waals surface area (Å²) in [4.78, 5) is 29.5. The Labute approximate surface area is 217 Å². The Kier molecular flexibility index (Phi) is 7.24. The summed E-state index contributed by atoms with van der Waals surface area (Å²) < 4.78 is 12.4. The third kappa shape index (κ3) is 4.58. The molecule has 202 valence electrons. The van der Waals surface area contributed by atoms with Crippen molar-refractivity contribution in [1.82, 2.24) is 24.8 Å². The molecule has 5 atom stereocenters. The van der Waals surface area contributed by atoms with Crippen LogP contribution in [-0.2, 0) is 16.1 Å². The number of aromatic nitrogens is 3. The summed E-state index contributed by atoms with van der Waals surface area (Å²) in [6.07, 6.45) is -5.37. The van der Waals surface area contributed by atoms with Gasteiger partial charge in [0.15, 0.2) is 6.29 Å². The summed E-state index contributed by atoms with van der Waals surface area (Å²) in [5, 5.41) is 48.8. The maximum absolute atomic E-state index is 13.2. The molecule has 5 rings (SSSR count). The van der Waals surface area contributed by atoms with Crippen molar-refractivity contribution in [2.24, 2.45) is 0 Å². The average Bonchev–Trinajstić information content (AvgIpc) is 3.38. The Balaban J connectivity index is 1.39. The van der Waals surface area contributed by atoms with Crippen LogP contribution < -0.4 is 0 Å². The van der Waals surface area contributed by atoms with Gasteiger partial charge in [0.25, 0.3) is 11.8 Å². The summed E-state index contributed by atoms with van der Waals surface area (Å²) in [6, 6.07) is 8.66. The smallest absolute Gasteiger partial charge is 0.261 e. The largest absolute Gasteiger partial charge is 0.394 e. The molecule has 0 aliphatic carbocycles. The highest BCUT2D eigenvalue weighted by Gasteiger charge is 2.44. The van der Waals surface area contributed by atoms with Crippen LogP contribution in [0.5, 0.6) is 0 Å². The summed E-state index contributed by atoms with van der Waals surface area (Å²) in [6.45, 7) is 0.114. The highest BCUT2D eigenvalue weighted by molar-refractivity contribution is 6.26. The van der Waals surface area contributed by atoms with E-state index in [0.29, 0.717) is 39.8 Å². The fourth-order valence-corrected chi connectivity index (χ4v) is 4.69. The van der Waals surface area contributed by atoms with Gasteiger partial charge in [0.2, 0.25) is 0 Å². The first kappa shape index (κ1) is 26.3. The van der Waals surface area contributed by atoms with Crippen molar-refractivity contribution in [3.05, 3.63) is 53.3 Å². The molecule has 0 bridgehead atoms. The van der Waals surface area contributed by atoms with Crippen LogP contribution in [0.3, 0.4) is 0 Å². The van der Waals surface area contributed by atoms with E-state index in [9.17, 15) is 30.0 Å². The highest BCUT2D eigenvalue weighted by atomic mass is 16.7. The second-order valence-corrected chi connectivity index (χ2v) is 9.59. The van der Waals surface area contributed by atoms with Gasteiger partial charge in [-0.25, -0.2) is 4.68 Å². The molecule has 2 amide bonds. The molecule has 0 saturated carbocycles. The standard InChI is InChI=1S/C25H29N5O8/c1-28(2)8-9-29-23(35)15-5-3-4-14-17(7-6-16(19(14)15)24(29)36)30-10-13(26-27-30)12-37-25-22(34)21(33)20(32)18(11-31)38-25/h3-7,10,18,20-22,25,31-34H,8-9,11-12H2,1-2H3/t18-,20+,21+,22-,25-/m1/s1. The van der Waals surface area contributed by atoms with Gasteiger partial charge >= 0.3 is 0 Å². The first-order chi connectivity index (χ1) is 18.2. The second kappa shape index (κ2) is 10.5. The molecule has 2 aliphatic rings. The van der Waals surface area contributed by atoms with Crippen molar-refractivity contribution in [3.63, 3.8) is 0 Å². The zero-order valence-corrected chi connectivity index (χ0v) is 20.8. The van der Waals surface area contributed by atoms with Crippen LogP contribution in [0.4, 0.5) is 0 Å². The van der Waals surface area contributed by atoms with E-state index in [0.717, 1.165) is 0 Å². The lowest BCUT2D eigenvalue weighted by Crippen LogP contribution is -2.59. The quantitative estimate of drug-likeness (QED) is 0.262. The number of carbonyl (C=O) groups is 2. The fourth-order valence-electron chi connectivity index (χ4n) is 4.69. The summed E-state index contributed by atoms with van der Waals surface area (Å²) in [5.74, 6) is -0.696. The molecule has 4 N–H and O–H groups in total. The van der Waals surface area contributed by atoms with E-state index in [2.05, 4.69) is 10.3 Å². The van der Waals surface area contributed by atoms with Crippen LogP contribution in [0.25, 0.3) is 16.5 Å². The van der Waals surface area contributed by atoms with Gasteiger partial charge in [0.05, 0.1) is 25.1 Å². The number of likely N-dealkylation sites (N-methyl/N-ethyl adjacent to an activating group) is 1. The number of amides is 2. The molecule has 13 heteroatoms. The minimum Gasteiger partial charge on any atom is -0.394 e. The Hall–Kier alpha value is -3.30. The zero-order chi connectivity index (χ0) is 27.1. The maximum Gasteiger partial charge on any atom is 0.261 e. The van der Waals surface area contributed by atoms with Gasteiger partial charge < -0.3 is 34.8 Å². The Morgan fingerprint density at radius 2 is 1.76 bits per heavy atom. The lowest BCUT2D eigenvalue weighted by Gasteiger charge is -2.39. The van der Waals surface area contributed by atoms with Crippen LogP contribution in [0.15, 0.2) is 36.5 Å². The first-order valence-corrected chi connectivity index (χ1v) is 12.1. The minimum atomic E-state index is -1.55. The Morgan fingerprint density at radius 1 is 1.03 bits per heavy atom. The molecule has 0 spiro atoms. The molecule has 1 saturated heterocycles. The summed E-state index contributed by atoms with van der Waals surface area (Å²) in [7, 11) is 3.75. The number of imide groups is 1. The van der Waals surface area contributed by atoms with Gasteiger partial charge in [-0.05, 0) is 32.3 Å². The van der Waals surface area contributed by atoms with E-state index < -0.39 is 37.3 Å². The van der Waals surface area contributed by atoms with Crippen LogP contribution in [0.2, 0.25) is 0 Å². The summed E-state index contributed by atoms with van der Waals surface area (Å²) in [5.41, 5.74) is 1.83. The molecule has 38 heavy (non-hydrogen) atoms. The number of hydrogen-bond donors (Lipinski definition) is 4. The maximum atomic E-state index is 13.2. The predicted octanol–water partition coefficient (Wildman–Crippen LogP) is -1.11. The third-order valence-electron chi connectivity index (χ3n) is 6.77. The normalized spacial score (nSPS) is 25.6. The summed E-state index contributed by atoms with van der Waals surface area (Å²) >= 11 is 0. The lowest BCUT2D eigenvalue weighted by atomic mass is 9.93. The molecule has 13 nitrogen and oxygen atoms in total. The minimum absolute atomic E-state index is 0.151. The number of nitrogens with zero attached hydrogens (tertiary/aromatic N) is 5. The number of aliphatic hydroxyl groups excluding tert-OH is 4. The van der Waals surface area contributed by atoms with Gasteiger partial charge in [0, 0.05) is 35.0 Å². The van der Waals surface area contributed by atoms with Gasteiger partial charge in [-0.2, -0.15) is 0 Å². The monoisotopic (exact) mass is 527 g/mol. The number of carbonyl (C=O) groups excluding carboxylic acids is 2. The third-order valence-corrected chi connectivity index (χ3v) is 6.77. The molecule has 3 heterocycles.